The lowest BCUT2D eigenvalue weighted by atomic mass is 9.95. The Morgan fingerprint density at radius 2 is 1.95 bits per heavy atom. The third-order valence-corrected chi connectivity index (χ3v) is 4.98. The van der Waals surface area contributed by atoms with Crippen LogP contribution in [-0.2, 0) is 9.53 Å². The third kappa shape index (κ3) is 3.51. The summed E-state index contributed by atoms with van der Waals surface area (Å²) in [5.41, 5.74) is -0.0199. The van der Waals surface area contributed by atoms with Crippen LogP contribution in [0, 0.1) is 5.41 Å². The fraction of sp³-hybridized carbons (Fsp3) is 0.333. The normalized spacial score (nSPS) is 11.2. The minimum Gasteiger partial charge on any atom is -0.465 e. The van der Waals surface area contributed by atoms with Crippen molar-refractivity contribution in [1.29, 1.82) is 0 Å². The molecule has 4 nitrogen and oxygen atoms in total. The van der Waals surface area contributed by atoms with Gasteiger partial charge in [0.25, 0.3) is 0 Å². The van der Waals surface area contributed by atoms with Crippen molar-refractivity contribution in [2.75, 3.05) is 12.4 Å². The molecule has 2 rings (SSSR count). The van der Waals surface area contributed by atoms with Gasteiger partial charge in [-0.3, -0.25) is 4.79 Å². The maximum absolute atomic E-state index is 12.1. The van der Waals surface area contributed by atoms with E-state index in [2.05, 4.69) is 5.32 Å². The summed E-state index contributed by atoms with van der Waals surface area (Å²) >= 11 is 2.91. The number of hydrogen-bond donors (Lipinski definition) is 1. The first kappa shape index (κ1) is 15.7. The molecule has 0 aliphatic carbocycles. The zero-order valence-corrected chi connectivity index (χ0v) is 14.0. The van der Waals surface area contributed by atoms with Gasteiger partial charge in [0.1, 0.15) is 4.88 Å². The van der Waals surface area contributed by atoms with Crippen LogP contribution >= 0.6 is 22.7 Å². The molecule has 0 fully saturated rings. The molecule has 0 spiro atoms. The number of nitrogens with one attached hydrogen (secondary N) is 1. The molecule has 0 aromatic carbocycles. The van der Waals surface area contributed by atoms with Crippen molar-refractivity contribution in [3.05, 3.63) is 28.5 Å². The molecule has 2 aromatic heterocycles. The van der Waals surface area contributed by atoms with Crippen molar-refractivity contribution in [1.82, 2.24) is 0 Å². The number of anilines is 1. The highest BCUT2D eigenvalue weighted by Gasteiger charge is 2.25. The molecular weight excluding hydrogens is 306 g/mol. The molecule has 0 unspecified atom stereocenters. The lowest BCUT2D eigenvalue weighted by Crippen LogP contribution is -2.28. The Morgan fingerprint density at radius 3 is 2.48 bits per heavy atom. The van der Waals surface area contributed by atoms with Crippen molar-refractivity contribution in [2.45, 2.75) is 20.8 Å². The largest absolute Gasteiger partial charge is 0.465 e. The van der Waals surface area contributed by atoms with Gasteiger partial charge in [0.15, 0.2) is 0 Å². The zero-order valence-electron chi connectivity index (χ0n) is 12.4. The molecule has 6 heteroatoms. The van der Waals surface area contributed by atoms with E-state index in [-0.39, 0.29) is 5.91 Å². The van der Waals surface area contributed by atoms with Gasteiger partial charge in [-0.05, 0) is 17.5 Å². The average Bonchev–Trinajstić information content (AvgIpc) is 3.05. The van der Waals surface area contributed by atoms with E-state index in [4.69, 9.17) is 4.74 Å². The van der Waals surface area contributed by atoms with Crippen LogP contribution in [0.3, 0.4) is 0 Å². The van der Waals surface area contributed by atoms with Crippen LogP contribution in [0.1, 0.15) is 30.4 Å². The highest BCUT2D eigenvalue weighted by atomic mass is 32.1. The molecular formula is C15H17NO3S2. The topological polar surface area (TPSA) is 55.4 Å². The Hall–Kier alpha value is -1.66. The Balaban J connectivity index is 2.39. The quantitative estimate of drug-likeness (QED) is 0.859. The van der Waals surface area contributed by atoms with Gasteiger partial charge < -0.3 is 10.1 Å². The molecule has 21 heavy (non-hydrogen) atoms. The third-order valence-electron chi connectivity index (χ3n) is 2.80. The second-order valence-electron chi connectivity index (χ2n) is 5.53. The second kappa shape index (κ2) is 5.99. The number of hydrogen-bond acceptors (Lipinski definition) is 5. The summed E-state index contributed by atoms with van der Waals surface area (Å²) in [5.74, 6) is -0.574. The molecule has 0 atom stereocenters. The first-order valence-electron chi connectivity index (χ1n) is 6.40. The minimum absolute atomic E-state index is 0.136. The fourth-order valence-corrected chi connectivity index (χ4v) is 3.44. The van der Waals surface area contributed by atoms with E-state index >= 15 is 0 Å². The molecule has 0 bridgehead atoms. The van der Waals surface area contributed by atoms with Gasteiger partial charge in [0, 0.05) is 15.2 Å². The van der Waals surface area contributed by atoms with E-state index in [1.807, 2.05) is 44.4 Å². The Kier molecular flexibility index (Phi) is 4.49. The maximum atomic E-state index is 12.1. The summed E-state index contributed by atoms with van der Waals surface area (Å²) in [7, 11) is 1.34. The van der Waals surface area contributed by atoms with Gasteiger partial charge in [-0.1, -0.05) is 26.8 Å². The van der Waals surface area contributed by atoms with Gasteiger partial charge in [0.2, 0.25) is 5.91 Å². The fourth-order valence-electron chi connectivity index (χ4n) is 1.58. The summed E-state index contributed by atoms with van der Waals surface area (Å²) in [6.07, 6.45) is 0. The SMILES string of the molecule is COC(=O)c1sc(-c2cccs2)cc1NC(=O)C(C)(C)C. The smallest absolute Gasteiger partial charge is 0.350 e. The number of carbonyl (C=O) groups is 2. The Bertz CT molecular complexity index is 651. The van der Waals surface area contributed by atoms with Crippen molar-refractivity contribution < 1.29 is 14.3 Å². The molecule has 0 radical (unpaired) electrons. The van der Waals surface area contributed by atoms with Crippen LogP contribution in [0.4, 0.5) is 5.69 Å². The van der Waals surface area contributed by atoms with Gasteiger partial charge in [0.05, 0.1) is 12.8 Å². The first-order valence-corrected chi connectivity index (χ1v) is 8.10. The average molecular weight is 323 g/mol. The zero-order chi connectivity index (χ0) is 15.6. The lowest BCUT2D eigenvalue weighted by molar-refractivity contribution is -0.123. The lowest BCUT2D eigenvalue weighted by Gasteiger charge is -2.17. The highest BCUT2D eigenvalue weighted by molar-refractivity contribution is 7.22. The number of amides is 1. The molecule has 0 saturated heterocycles. The number of carbonyl (C=O) groups excluding carboxylic acids is 2. The number of esters is 1. The van der Waals surface area contributed by atoms with Crippen LogP contribution in [-0.4, -0.2) is 19.0 Å². The van der Waals surface area contributed by atoms with Crippen LogP contribution in [0.25, 0.3) is 9.75 Å². The molecule has 0 saturated carbocycles. The molecule has 112 valence electrons. The number of thiophene rings is 2. The predicted octanol–water partition coefficient (Wildman–Crippen LogP) is 4.25. The van der Waals surface area contributed by atoms with E-state index in [1.54, 1.807) is 11.3 Å². The van der Waals surface area contributed by atoms with E-state index < -0.39 is 11.4 Å². The van der Waals surface area contributed by atoms with Gasteiger partial charge >= 0.3 is 5.97 Å². The van der Waals surface area contributed by atoms with Crippen molar-refractivity contribution >= 4 is 40.2 Å². The van der Waals surface area contributed by atoms with Crippen LogP contribution in [0.5, 0.6) is 0 Å². The van der Waals surface area contributed by atoms with Crippen molar-refractivity contribution in [3.63, 3.8) is 0 Å². The van der Waals surface area contributed by atoms with Crippen LogP contribution in [0.15, 0.2) is 23.6 Å². The summed E-state index contributed by atoms with van der Waals surface area (Å²) in [6, 6.07) is 5.75. The monoisotopic (exact) mass is 323 g/mol. The van der Waals surface area contributed by atoms with E-state index in [0.717, 1.165) is 9.75 Å². The van der Waals surface area contributed by atoms with E-state index in [1.165, 1.54) is 18.4 Å². The second-order valence-corrected chi connectivity index (χ2v) is 7.53. The molecule has 2 heterocycles. The summed E-state index contributed by atoms with van der Waals surface area (Å²) in [5, 5.41) is 4.80. The standard InChI is InChI=1S/C15H17NO3S2/c1-15(2,3)14(18)16-9-8-11(10-6-5-7-20-10)21-12(9)13(17)19-4/h5-8H,1-4H3,(H,16,18). The van der Waals surface area contributed by atoms with Crippen molar-refractivity contribution in [3.8, 4) is 9.75 Å². The van der Waals surface area contributed by atoms with Gasteiger partial charge in [-0.15, -0.1) is 22.7 Å². The Labute approximate surface area is 131 Å². The summed E-state index contributed by atoms with van der Waals surface area (Å²) in [4.78, 5) is 26.4. The van der Waals surface area contributed by atoms with Crippen molar-refractivity contribution in [2.24, 2.45) is 5.41 Å². The predicted molar refractivity (Wildman–Crippen MR) is 87.1 cm³/mol. The molecule has 0 aliphatic heterocycles. The number of ether oxygens (including phenoxy) is 1. The number of methoxy groups -OCH3 is 1. The summed E-state index contributed by atoms with van der Waals surface area (Å²) < 4.78 is 4.80. The van der Waals surface area contributed by atoms with E-state index in [9.17, 15) is 9.59 Å². The molecule has 0 aliphatic rings. The highest BCUT2D eigenvalue weighted by Crippen LogP contribution is 2.37. The number of rotatable bonds is 3. The van der Waals surface area contributed by atoms with E-state index in [0.29, 0.717) is 10.6 Å². The van der Waals surface area contributed by atoms with Gasteiger partial charge in [-0.25, -0.2) is 4.79 Å². The minimum atomic E-state index is -0.529. The van der Waals surface area contributed by atoms with Crippen LogP contribution in [0.2, 0.25) is 0 Å². The molecule has 2 aromatic rings. The molecule has 1 N–H and O–H groups in total. The Morgan fingerprint density at radius 1 is 1.24 bits per heavy atom. The van der Waals surface area contributed by atoms with Crippen LogP contribution < -0.4 is 5.32 Å². The van der Waals surface area contributed by atoms with Gasteiger partial charge in [-0.2, -0.15) is 0 Å². The maximum Gasteiger partial charge on any atom is 0.350 e. The summed E-state index contributed by atoms with van der Waals surface area (Å²) in [6.45, 7) is 5.48. The molecule has 1 amide bonds. The first-order chi connectivity index (χ1) is 9.82.